The summed E-state index contributed by atoms with van der Waals surface area (Å²) in [7, 11) is 0. The van der Waals surface area contributed by atoms with Gasteiger partial charge in [-0.1, -0.05) is 6.92 Å². The first-order valence-electron chi connectivity index (χ1n) is 9.05. The zero-order valence-corrected chi connectivity index (χ0v) is 14.9. The normalized spacial score (nSPS) is 32.1. The quantitative estimate of drug-likeness (QED) is 0.792. The first-order valence-corrected chi connectivity index (χ1v) is 9.05. The molecule has 1 atom stereocenters. The second-order valence-electron chi connectivity index (χ2n) is 8.87. The Bertz CT molecular complexity index is 359. The number of likely N-dealkylation sites (tertiary alicyclic amines) is 3. The molecular formula is C18H35N3. The van der Waals surface area contributed by atoms with Gasteiger partial charge in [0, 0.05) is 43.2 Å². The van der Waals surface area contributed by atoms with E-state index in [0.29, 0.717) is 11.0 Å². The Morgan fingerprint density at radius 3 is 2.14 bits per heavy atom. The molecule has 3 aliphatic rings. The van der Waals surface area contributed by atoms with Crippen LogP contribution in [0.15, 0.2) is 0 Å². The third-order valence-electron chi connectivity index (χ3n) is 6.51. The van der Waals surface area contributed by atoms with Crippen LogP contribution < -0.4 is 0 Å². The van der Waals surface area contributed by atoms with E-state index < -0.39 is 0 Å². The van der Waals surface area contributed by atoms with Crippen LogP contribution in [-0.2, 0) is 0 Å². The lowest BCUT2D eigenvalue weighted by Gasteiger charge is -2.65. The molecule has 0 radical (unpaired) electrons. The number of hydrogen-bond acceptors (Lipinski definition) is 3. The van der Waals surface area contributed by atoms with Crippen molar-refractivity contribution in [2.24, 2.45) is 11.3 Å². The molecule has 3 heterocycles. The van der Waals surface area contributed by atoms with Crippen LogP contribution >= 0.6 is 0 Å². The molecule has 0 bridgehead atoms. The Morgan fingerprint density at radius 1 is 1.05 bits per heavy atom. The minimum Gasteiger partial charge on any atom is -0.302 e. The predicted octanol–water partition coefficient (Wildman–Crippen LogP) is 2.52. The molecule has 1 unspecified atom stereocenters. The van der Waals surface area contributed by atoms with Gasteiger partial charge in [-0.2, -0.15) is 0 Å². The van der Waals surface area contributed by atoms with E-state index in [9.17, 15) is 0 Å². The molecule has 1 spiro atoms. The number of hydrogen-bond donors (Lipinski definition) is 0. The van der Waals surface area contributed by atoms with Crippen LogP contribution in [0, 0.1) is 11.3 Å². The van der Waals surface area contributed by atoms with Crippen molar-refractivity contribution in [1.82, 2.24) is 14.7 Å². The molecule has 0 aromatic heterocycles. The third kappa shape index (κ3) is 2.89. The average Bonchev–Trinajstić information content (AvgIpc) is 2.39. The van der Waals surface area contributed by atoms with Gasteiger partial charge in [-0.3, -0.25) is 9.80 Å². The molecule has 0 aromatic rings. The highest BCUT2D eigenvalue weighted by Gasteiger charge is 2.56. The molecule has 122 valence electrons. The van der Waals surface area contributed by atoms with Gasteiger partial charge in [0.05, 0.1) is 0 Å². The maximum atomic E-state index is 2.74. The Kier molecular flexibility index (Phi) is 4.13. The highest BCUT2D eigenvalue weighted by Crippen LogP contribution is 2.45. The number of nitrogens with zero attached hydrogens (tertiary/aromatic N) is 3. The molecule has 3 rings (SSSR count). The van der Waals surface area contributed by atoms with Crippen LogP contribution in [0.5, 0.6) is 0 Å². The van der Waals surface area contributed by atoms with Crippen molar-refractivity contribution in [3.63, 3.8) is 0 Å². The molecule has 3 saturated heterocycles. The maximum Gasteiger partial charge on any atom is 0.0238 e. The summed E-state index contributed by atoms with van der Waals surface area (Å²) in [5, 5.41) is 0. The molecular weight excluding hydrogens is 258 g/mol. The molecule has 0 aromatic carbocycles. The van der Waals surface area contributed by atoms with Gasteiger partial charge >= 0.3 is 0 Å². The van der Waals surface area contributed by atoms with Crippen LogP contribution in [0.4, 0.5) is 0 Å². The first kappa shape index (κ1) is 15.8. The Morgan fingerprint density at radius 2 is 1.67 bits per heavy atom. The van der Waals surface area contributed by atoms with E-state index >= 15 is 0 Å². The fraction of sp³-hybridized carbons (Fsp3) is 1.00. The van der Waals surface area contributed by atoms with Gasteiger partial charge in [-0.05, 0) is 66.1 Å². The standard InChI is InChI=1S/C18H35N3/c1-6-20-14-18(15(20)2)12-19(13-18)11-16-7-9-21(10-8-16)17(3,4)5/h15-16H,6-14H2,1-5H3. The van der Waals surface area contributed by atoms with E-state index in [1.54, 1.807) is 0 Å². The van der Waals surface area contributed by atoms with Crippen molar-refractivity contribution in [1.29, 1.82) is 0 Å². The maximum absolute atomic E-state index is 2.74. The van der Waals surface area contributed by atoms with Crippen molar-refractivity contribution >= 4 is 0 Å². The highest BCUT2D eigenvalue weighted by atomic mass is 15.3. The predicted molar refractivity (Wildman–Crippen MR) is 89.6 cm³/mol. The molecule has 0 saturated carbocycles. The summed E-state index contributed by atoms with van der Waals surface area (Å²) in [6.45, 7) is 21.1. The monoisotopic (exact) mass is 293 g/mol. The van der Waals surface area contributed by atoms with Crippen molar-refractivity contribution in [2.45, 2.75) is 59.0 Å². The summed E-state index contributed by atoms with van der Waals surface area (Å²) < 4.78 is 0. The Balaban J connectivity index is 1.39. The fourth-order valence-corrected chi connectivity index (χ4v) is 4.82. The lowest BCUT2D eigenvalue weighted by Crippen LogP contribution is -2.76. The van der Waals surface area contributed by atoms with Crippen LogP contribution in [0.3, 0.4) is 0 Å². The van der Waals surface area contributed by atoms with Gasteiger partial charge < -0.3 is 4.90 Å². The van der Waals surface area contributed by atoms with Crippen molar-refractivity contribution < 1.29 is 0 Å². The topological polar surface area (TPSA) is 9.72 Å². The van der Waals surface area contributed by atoms with Crippen LogP contribution in [-0.4, -0.2) is 72.1 Å². The first-order chi connectivity index (χ1) is 9.84. The highest BCUT2D eigenvalue weighted by molar-refractivity contribution is 5.10. The summed E-state index contributed by atoms with van der Waals surface area (Å²) in [6.07, 6.45) is 2.80. The lowest BCUT2D eigenvalue weighted by atomic mass is 9.66. The molecule has 0 aliphatic carbocycles. The van der Waals surface area contributed by atoms with Gasteiger partial charge in [0.25, 0.3) is 0 Å². The summed E-state index contributed by atoms with van der Waals surface area (Å²) in [4.78, 5) is 8.02. The van der Waals surface area contributed by atoms with Gasteiger partial charge in [-0.15, -0.1) is 0 Å². The average molecular weight is 293 g/mol. The van der Waals surface area contributed by atoms with E-state index in [2.05, 4.69) is 49.3 Å². The molecule has 0 N–H and O–H groups in total. The number of piperidine rings is 1. The van der Waals surface area contributed by atoms with E-state index in [1.807, 2.05) is 0 Å². The van der Waals surface area contributed by atoms with Crippen molar-refractivity contribution in [3.05, 3.63) is 0 Å². The third-order valence-corrected chi connectivity index (χ3v) is 6.51. The molecule has 3 fully saturated rings. The summed E-state index contributed by atoms with van der Waals surface area (Å²) in [5.41, 5.74) is 1.03. The SMILES string of the molecule is CCN1CC2(CN(CC3CCN(C(C)(C)C)CC3)C2)C1C. The van der Waals surface area contributed by atoms with E-state index in [4.69, 9.17) is 0 Å². The summed E-state index contributed by atoms with van der Waals surface area (Å²) in [5.74, 6) is 0.943. The van der Waals surface area contributed by atoms with Crippen LogP contribution in [0.1, 0.15) is 47.5 Å². The van der Waals surface area contributed by atoms with Crippen LogP contribution in [0.2, 0.25) is 0 Å². The van der Waals surface area contributed by atoms with E-state index in [1.165, 1.54) is 58.7 Å². The minimum atomic E-state index is 0.358. The molecule has 3 aliphatic heterocycles. The zero-order valence-electron chi connectivity index (χ0n) is 14.9. The van der Waals surface area contributed by atoms with Gasteiger partial charge in [0.15, 0.2) is 0 Å². The Hall–Kier alpha value is -0.120. The smallest absolute Gasteiger partial charge is 0.0238 e. The number of rotatable bonds is 3. The largest absolute Gasteiger partial charge is 0.302 e. The fourth-order valence-electron chi connectivity index (χ4n) is 4.82. The van der Waals surface area contributed by atoms with Gasteiger partial charge in [-0.25, -0.2) is 0 Å². The van der Waals surface area contributed by atoms with Gasteiger partial charge in [0.1, 0.15) is 0 Å². The van der Waals surface area contributed by atoms with Crippen molar-refractivity contribution in [3.8, 4) is 0 Å². The van der Waals surface area contributed by atoms with Gasteiger partial charge in [0.2, 0.25) is 0 Å². The molecule has 3 nitrogen and oxygen atoms in total. The lowest BCUT2D eigenvalue weighted by molar-refractivity contribution is -0.160. The van der Waals surface area contributed by atoms with Crippen LogP contribution in [0.25, 0.3) is 0 Å². The minimum absolute atomic E-state index is 0.358. The Labute approximate surface area is 131 Å². The zero-order chi connectivity index (χ0) is 15.3. The second-order valence-corrected chi connectivity index (χ2v) is 8.87. The van der Waals surface area contributed by atoms with E-state index in [-0.39, 0.29) is 0 Å². The summed E-state index contributed by atoms with van der Waals surface area (Å²) in [6, 6.07) is 0.821. The van der Waals surface area contributed by atoms with Crippen molar-refractivity contribution in [2.75, 3.05) is 45.8 Å². The summed E-state index contributed by atoms with van der Waals surface area (Å²) >= 11 is 0. The molecule has 21 heavy (non-hydrogen) atoms. The molecule has 0 amide bonds. The second kappa shape index (κ2) is 5.50. The van der Waals surface area contributed by atoms with E-state index in [0.717, 1.165) is 12.0 Å². The molecule has 3 heteroatoms.